The molecule has 9 heteroatoms. The highest BCUT2D eigenvalue weighted by molar-refractivity contribution is 7.99. The van der Waals surface area contributed by atoms with Crippen molar-refractivity contribution in [2.75, 3.05) is 36.8 Å². The first-order valence-electron chi connectivity index (χ1n) is 13.1. The van der Waals surface area contributed by atoms with E-state index in [1.807, 2.05) is 4.90 Å². The van der Waals surface area contributed by atoms with E-state index in [-0.39, 0.29) is 34.1 Å². The number of carbonyl (C=O) groups is 2. The van der Waals surface area contributed by atoms with Crippen LogP contribution in [-0.4, -0.2) is 75.6 Å². The van der Waals surface area contributed by atoms with Crippen LogP contribution in [-0.2, 0) is 9.59 Å². The van der Waals surface area contributed by atoms with Crippen molar-refractivity contribution in [1.82, 2.24) is 19.8 Å². The molecule has 200 valence electrons. The van der Waals surface area contributed by atoms with E-state index in [1.165, 1.54) is 18.2 Å². The maximum Gasteiger partial charge on any atom is 0.233 e. The number of halogens is 1. The summed E-state index contributed by atoms with van der Waals surface area (Å²) in [4.78, 5) is 41.3. The minimum atomic E-state index is -0.0284. The SMILES string of the molecule is CC1CN(c2cc(Cl)nc(SCC(=O)N3CC4(C)CC3CC(C)(C)C4)n2)CCN1C(=O)CC(C)(C)C. The molecule has 0 radical (unpaired) electrons. The summed E-state index contributed by atoms with van der Waals surface area (Å²) in [5.74, 6) is 1.44. The molecule has 3 unspecified atom stereocenters. The van der Waals surface area contributed by atoms with Gasteiger partial charge in [0.25, 0.3) is 0 Å². The number of amides is 2. The van der Waals surface area contributed by atoms with Gasteiger partial charge in [-0.15, -0.1) is 0 Å². The Labute approximate surface area is 225 Å². The lowest BCUT2D eigenvalue weighted by Crippen LogP contribution is -2.54. The maximum absolute atomic E-state index is 13.2. The molecule has 2 saturated heterocycles. The number of aromatic nitrogens is 2. The van der Waals surface area contributed by atoms with Crippen molar-refractivity contribution in [3.8, 4) is 0 Å². The minimum Gasteiger partial charge on any atom is -0.353 e. The lowest BCUT2D eigenvalue weighted by Gasteiger charge is -2.41. The molecule has 0 spiro atoms. The highest BCUT2D eigenvalue weighted by atomic mass is 35.5. The summed E-state index contributed by atoms with van der Waals surface area (Å²) in [7, 11) is 0. The summed E-state index contributed by atoms with van der Waals surface area (Å²) < 4.78 is 0. The fraction of sp³-hybridized carbons (Fsp3) is 0.778. The molecule has 0 N–H and O–H groups in total. The summed E-state index contributed by atoms with van der Waals surface area (Å²) in [6.45, 7) is 18.2. The quantitative estimate of drug-likeness (QED) is 0.296. The van der Waals surface area contributed by atoms with Crippen molar-refractivity contribution < 1.29 is 9.59 Å². The van der Waals surface area contributed by atoms with Gasteiger partial charge in [-0.2, -0.15) is 0 Å². The second kappa shape index (κ2) is 9.97. The van der Waals surface area contributed by atoms with Gasteiger partial charge in [0, 0.05) is 50.7 Å². The van der Waals surface area contributed by atoms with Gasteiger partial charge in [0.2, 0.25) is 11.8 Å². The topological polar surface area (TPSA) is 69.6 Å². The van der Waals surface area contributed by atoms with E-state index < -0.39 is 0 Å². The number of thioether (sulfide) groups is 1. The van der Waals surface area contributed by atoms with Crippen LogP contribution < -0.4 is 4.90 Å². The molecule has 7 nitrogen and oxygen atoms in total. The second-order valence-corrected chi connectivity index (χ2v) is 14.8. The van der Waals surface area contributed by atoms with Crippen LogP contribution in [0.4, 0.5) is 5.82 Å². The van der Waals surface area contributed by atoms with Crippen molar-refractivity contribution in [3.63, 3.8) is 0 Å². The van der Waals surface area contributed by atoms with E-state index in [2.05, 4.69) is 63.2 Å². The van der Waals surface area contributed by atoms with Crippen LogP contribution in [0, 0.1) is 16.2 Å². The molecular formula is C27H42ClN5O2S. The molecule has 2 aliphatic heterocycles. The molecule has 0 aromatic carbocycles. The number of carbonyl (C=O) groups excluding carboxylic acids is 2. The van der Waals surface area contributed by atoms with E-state index >= 15 is 0 Å². The largest absolute Gasteiger partial charge is 0.353 e. The number of fused-ring (bicyclic) bond motifs is 2. The normalized spacial score (nSPS) is 27.9. The zero-order valence-corrected chi connectivity index (χ0v) is 24.5. The van der Waals surface area contributed by atoms with Crippen LogP contribution in [0.25, 0.3) is 0 Å². The number of anilines is 1. The Morgan fingerprint density at radius 1 is 1.11 bits per heavy atom. The smallest absolute Gasteiger partial charge is 0.233 e. The van der Waals surface area contributed by atoms with Gasteiger partial charge in [0.05, 0.1) is 5.75 Å². The zero-order valence-electron chi connectivity index (χ0n) is 22.9. The molecule has 2 bridgehead atoms. The first-order valence-corrected chi connectivity index (χ1v) is 14.5. The van der Waals surface area contributed by atoms with E-state index in [1.54, 1.807) is 6.07 Å². The summed E-state index contributed by atoms with van der Waals surface area (Å²) in [5.41, 5.74) is 0.474. The Kier molecular flexibility index (Phi) is 7.62. The maximum atomic E-state index is 13.2. The van der Waals surface area contributed by atoms with Gasteiger partial charge in [-0.3, -0.25) is 9.59 Å². The predicted octanol–water partition coefficient (Wildman–Crippen LogP) is 5.12. The van der Waals surface area contributed by atoms with Crippen molar-refractivity contribution in [3.05, 3.63) is 11.2 Å². The molecule has 3 fully saturated rings. The first kappa shape index (κ1) is 27.5. The van der Waals surface area contributed by atoms with Crippen LogP contribution >= 0.6 is 23.4 Å². The number of hydrogen-bond acceptors (Lipinski definition) is 6. The monoisotopic (exact) mass is 535 g/mol. The fourth-order valence-electron chi connectivity index (χ4n) is 6.66. The molecule has 2 amide bonds. The summed E-state index contributed by atoms with van der Waals surface area (Å²) in [6.07, 6.45) is 3.88. The Morgan fingerprint density at radius 3 is 2.50 bits per heavy atom. The average molecular weight is 536 g/mol. The lowest BCUT2D eigenvalue weighted by atomic mass is 9.65. The Morgan fingerprint density at radius 2 is 1.83 bits per heavy atom. The third kappa shape index (κ3) is 6.47. The Balaban J connectivity index is 1.37. The fourth-order valence-corrected chi connectivity index (χ4v) is 7.63. The molecule has 3 heterocycles. The van der Waals surface area contributed by atoms with Crippen LogP contribution in [0.15, 0.2) is 11.2 Å². The van der Waals surface area contributed by atoms with E-state index in [0.717, 1.165) is 25.2 Å². The minimum absolute atomic E-state index is 0.0284. The van der Waals surface area contributed by atoms with Gasteiger partial charge in [0.15, 0.2) is 5.16 Å². The second-order valence-electron chi connectivity index (χ2n) is 13.5. The van der Waals surface area contributed by atoms with Crippen molar-refractivity contribution in [2.24, 2.45) is 16.2 Å². The van der Waals surface area contributed by atoms with Gasteiger partial charge < -0.3 is 14.7 Å². The average Bonchev–Trinajstić information content (AvgIpc) is 2.98. The number of piperazine rings is 1. The Bertz CT molecular complexity index is 1010. The molecule has 4 rings (SSSR count). The summed E-state index contributed by atoms with van der Waals surface area (Å²) in [5, 5.41) is 0.901. The van der Waals surface area contributed by atoms with Gasteiger partial charge in [0.1, 0.15) is 11.0 Å². The van der Waals surface area contributed by atoms with Gasteiger partial charge in [-0.05, 0) is 42.4 Å². The molecule has 1 aromatic rings. The van der Waals surface area contributed by atoms with Crippen LogP contribution in [0.1, 0.15) is 74.1 Å². The van der Waals surface area contributed by atoms with Crippen molar-refractivity contribution in [1.29, 1.82) is 0 Å². The Hall–Kier alpha value is -1.54. The van der Waals surface area contributed by atoms with Crippen LogP contribution in [0.3, 0.4) is 0 Å². The van der Waals surface area contributed by atoms with Crippen molar-refractivity contribution in [2.45, 2.75) is 91.4 Å². The standard InChI is InChI=1S/C27H42ClN5O2S/c1-18-14-31(8-9-32(18)22(34)13-25(2,3)4)21-10-20(28)29-24(30-21)36-15-23(35)33-17-27(7)12-19(33)11-26(5,6)16-27/h10,18-19H,8-9,11-17H2,1-7H3. The predicted molar refractivity (Wildman–Crippen MR) is 146 cm³/mol. The third-order valence-electron chi connectivity index (χ3n) is 7.67. The summed E-state index contributed by atoms with van der Waals surface area (Å²) in [6, 6.07) is 2.20. The van der Waals surface area contributed by atoms with E-state index in [4.69, 9.17) is 16.6 Å². The molecule has 1 aromatic heterocycles. The molecule has 36 heavy (non-hydrogen) atoms. The van der Waals surface area contributed by atoms with Crippen molar-refractivity contribution >= 4 is 41.0 Å². The van der Waals surface area contributed by atoms with Gasteiger partial charge in [-0.1, -0.05) is 64.9 Å². The highest BCUT2D eigenvalue weighted by Gasteiger charge is 2.50. The molecule has 3 atom stereocenters. The zero-order chi connectivity index (χ0) is 26.5. The van der Waals surface area contributed by atoms with Crippen LogP contribution in [0.5, 0.6) is 0 Å². The number of likely N-dealkylation sites (tertiary alicyclic amines) is 1. The number of nitrogens with zero attached hydrogens (tertiary/aromatic N) is 5. The van der Waals surface area contributed by atoms with Crippen LogP contribution in [0.2, 0.25) is 5.15 Å². The lowest BCUT2D eigenvalue weighted by molar-refractivity contribution is -0.135. The summed E-state index contributed by atoms with van der Waals surface area (Å²) >= 11 is 7.74. The highest BCUT2D eigenvalue weighted by Crippen LogP contribution is 2.52. The van der Waals surface area contributed by atoms with E-state index in [9.17, 15) is 9.59 Å². The molecular weight excluding hydrogens is 494 g/mol. The van der Waals surface area contributed by atoms with Gasteiger partial charge >= 0.3 is 0 Å². The first-order chi connectivity index (χ1) is 16.6. The molecule has 1 aliphatic carbocycles. The van der Waals surface area contributed by atoms with Gasteiger partial charge in [-0.25, -0.2) is 9.97 Å². The van der Waals surface area contributed by atoms with E-state index in [0.29, 0.717) is 48.2 Å². The number of hydrogen-bond donors (Lipinski definition) is 0. The molecule has 3 aliphatic rings. The number of rotatable bonds is 5. The molecule has 1 saturated carbocycles. The third-order valence-corrected chi connectivity index (χ3v) is 8.70.